The normalized spacial score (nSPS) is 45.8. The zero-order valence-corrected chi connectivity index (χ0v) is 5.82. The largest absolute Gasteiger partial charge is 0.307 e. The highest BCUT2D eigenvalue weighted by molar-refractivity contribution is 7.91. The van der Waals surface area contributed by atoms with Gasteiger partial charge in [0.05, 0.1) is 11.5 Å². The first kappa shape index (κ1) is 5.68. The first-order valence-corrected chi connectivity index (χ1v) is 4.96. The minimum absolute atomic E-state index is 0.309. The summed E-state index contributed by atoms with van der Waals surface area (Å²) in [4.78, 5) is 0. The van der Waals surface area contributed by atoms with Crippen molar-refractivity contribution in [1.29, 1.82) is 0 Å². The highest BCUT2D eigenvalue weighted by Crippen LogP contribution is 2.23. The van der Waals surface area contributed by atoms with E-state index in [1.54, 1.807) is 0 Å². The Kier molecular flexibility index (Phi) is 0.941. The van der Waals surface area contributed by atoms with E-state index in [1.807, 2.05) is 0 Å². The summed E-state index contributed by atoms with van der Waals surface area (Å²) < 4.78 is 21.7. The van der Waals surface area contributed by atoms with Crippen molar-refractivity contribution in [2.24, 2.45) is 0 Å². The Morgan fingerprint density at radius 2 is 2.11 bits per heavy atom. The third-order valence-electron chi connectivity index (χ3n) is 1.98. The second-order valence-corrected chi connectivity index (χ2v) is 5.01. The molecule has 0 aliphatic carbocycles. The van der Waals surface area contributed by atoms with E-state index in [2.05, 4.69) is 5.32 Å². The van der Waals surface area contributed by atoms with Crippen molar-refractivity contribution in [1.82, 2.24) is 5.32 Å². The van der Waals surface area contributed by atoms with Crippen LogP contribution in [0.5, 0.6) is 0 Å². The van der Waals surface area contributed by atoms with Crippen LogP contribution in [0.2, 0.25) is 0 Å². The lowest BCUT2D eigenvalue weighted by atomic mass is 10.3. The maximum Gasteiger partial charge on any atom is 0.151 e. The Morgan fingerprint density at radius 1 is 1.33 bits per heavy atom. The van der Waals surface area contributed by atoms with Gasteiger partial charge in [0.2, 0.25) is 0 Å². The number of sulfone groups is 1. The van der Waals surface area contributed by atoms with Crippen LogP contribution in [0, 0.1) is 0 Å². The number of hydrogen-bond acceptors (Lipinski definition) is 3. The SMILES string of the molecule is O=S1(=O)CCC2N[C@H]2C1. The Morgan fingerprint density at radius 3 is 2.67 bits per heavy atom. The zero-order valence-electron chi connectivity index (χ0n) is 5.00. The standard InChI is InChI=1S/C5H9NO2S/c7-9(8)2-1-4-5(3-9)6-4/h4-6H,1-3H2/t4?,5-/m0/s1. The number of rotatable bonds is 0. The fourth-order valence-corrected chi connectivity index (χ4v) is 2.99. The van der Waals surface area contributed by atoms with E-state index in [-0.39, 0.29) is 0 Å². The molecule has 0 aromatic rings. The molecule has 0 saturated carbocycles. The van der Waals surface area contributed by atoms with Crippen LogP contribution < -0.4 is 5.32 Å². The molecule has 2 aliphatic heterocycles. The summed E-state index contributed by atoms with van der Waals surface area (Å²) in [6.07, 6.45) is 0.826. The maximum absolute atomic E-state index is 10.8. The van der Waals surface area contributed by atoms with E-state index in [4.69, 9.17) is 0 Å². The monoisotopic (exact) mass is 147 g/mol. The second kappa shape index (κ2) is 1.49. The van der Waals surface area contributed by atoms with Crippen LogP contribution in [-0.2, 0) is 9.84 Å². The van der Waals surface area contributed by atoms with Gasteiger partial charge in [0.15, 0.2) is 9.84 Å². The van der Waals surface area contributed by atoms with Gasteiger partial charge < -0.3 is 5.32 Å². The molecule has 0 radical (unpaired) electrons. The lowest BCUT2D eigenvalue weighted by molar-refractivity contribution is 0.586. The molecule has 0 aromatic carbocycles. The van der Waals surface area contributed by atoms with Gasteiger partial charge in [-0.05, 0) is 6.42 Å². The topological polar surface area (TPSA) is 56.1 Å². The molecule has 0 amide bonds. The van der Waals surface area contributed by atoms with Crippen molar-refractivity contribution in [3.05, 3.63) is 0 Å². The second-order valence-electron chi connectivity index (χ2n) is 2.78. The van der Waals surface area contributed by atoms with Crippen molar-refractivity contribution in [3.8, 4) is 0 Å². The van der Waals surface area contributed by atoms with Crippen molar-refractivity contribution in [2.45, 2.75) is 18.5 Å². The molecule has 2 aliphatic rings. The summed E-state index contributed by atoms with van der Waals surface area (Å²) in [5, 5.41) is 3.11. The summed E-state index contributed by atoms with van der Waals surface area (Å²) in [7, 11) is -2.65. The fraction of sp³-hybridized carbons (Fsp3) is 1.00. The Labute approximate surface area is 54.4 Å². The highest BCUT2D eigenvalue weighted by atomic mass is 32.2. The van der Waals surface area contributed by atoms with Crippen LogP contribution in [-0.4, -0.2) is 32.0 Å². The molecule has 2 atom stereocenters. The molecule has 1 N–H and O–H groups in total. The minimum Gasteiger partial charge on any atom is -0.307 e. The van der Waals surface area contributed by atoms with E-state index in [1.165, 1.54) is 0 Å². The average molecular weight is 147 g/mol. The van der Waals surface area contributed by atoms with Gasteiger partial charge >= 0.3 is 0 Å². The molecule has 3 nitrogen and oxygen atoms in total. The Hall–Kier alpha value is -0.0900. The quantitative estimate of drug-likeness (QED) is 0.454. The number of nitrogens with one attached hydrogen (secondary N) is 1. The van der Waals surface area contributed by atoms with E-state index in [0.717, 1.165) is 6.42 Å². The molecular formula is C5H9NO2S. The molecule has 52 valence electrons. The van der Waals surface area contributed by atoms with Crippen LogP contribution in [0.4, 0.5) is 0 Å². The van der Waals surface area contributed by atoms with Gasteiger partial charge in [0.25, 0.3) is 0 Å². The van der Waals surface area contributed by atoms with Gasteiger partial charge in [-0.2, -0.15) is 0 Å². The smallest absolute Gasteiger partial charge is 0.151 e. The van der Waals surface area contributed by atoms with Crippen LogP contribution in [0.1, 0.15) is 6.42 Å². The Bertz CT molecular complexity index is 221. The minimum atomic E-state index is -2.65. The van der Waals surface area contributed by atoms with Gasteiger partial charge in [-0.3, -0.25) is 0 Å². The average Bonchev–Trinajstić information content (AvgIpc) is 2.41. The molecule has 2 saturated heterocycles. The molecule has 0 aromatic heterocycles. The third-order valence-corrected chi connectivity index (χ3v) is 3.70. The molecule has 0 spiro atoms. The van der Waals surface area contributed by atoms with Gasteiger partial charge in [-0.25, -0.2) is 8.42 Å². The van der Waals surface area contributed by atoms with E-state index >= 15 is 0 Å². The molecule has 2 heterocycles. The predicted octanol–water partition coefficient (Wildman–Crippen LogP) is -0.855. The summed E-state index contributed by atoms with van der Waals surface area (Å²) in [5.74, 6) is 0.763. The first-order valence-electron chi connectivity index (χ1n) is 3.14. The lowest BCUT2D eigenvalue weighted by Gasteiger charge is -2.05. The van der Waals surface area contributed by atoms with E-state index in [9.17, 15) is 8.42 Å². The first-order chi connectivity index (χ1) is 4.17. The van der Waals surface area contributed by atoms with Gasteiger partial charge in [0, 0.05) is 12.1 Å². The van der Waals surface area contributed by atoms with E-state index in [0.29, 0.717) is 23.6 Å². The molecule has 4 heteroatoms. The lowest BCUT2D eigenvalue weighted by Crippen LogP contribution is -2.23. The van der Waals surface area contributed by atoms with Gasteiger partial charge in [0.1, 0.15) is 0 Å². The van der Waals surface area contributed by atoms with Crippen LogP contribution in [0.3, 0.4) is 0 Å². The summed E-state index contributed by atoms with van der Waals surface area (Å²) in [5.41, 5.74) is 0. The Balaban J connectivity index is 2.18. The third kappa shape index (κ3) is 0.966. The molecule has 2 fully saturated rings. The zero-order chi connectivity index (χ0) is 6.48. The predicted molar refractivity (Wildman–Crippen MR) is 34.0 cm³/mol. The van der Waals surface area contributed by atoms with Crippen molar-refractivity contribution < 1.29 is 8.42 Å². The van der Waals surface area contributed by atoms with Crippen LogP contribution >= 0.6 is 0 Å². The van der Waals surface area contributed by atoms with Crippen molar-refractivity contribution in [2.75, 3.05) is 11.5 Å². The summed E-state index contributed by atoms with van der Waals surface area (Å²) >= 11 is 0. The maximum atomic E-state index is 10.8. The molecule has 9 heavy (non-hydrogen) atoms. The molecule has 2 rings (SSSR count). The van der Waals surface area contributed by atoms with Crippen LogP contribution in [0.25, 0.3) is 0 Å². The van der Waals surface area contributed by atoms with Gasteiger partial charge in [-0.15, -0.1) is 0 Å². The molecule has 1 unspecified atom stereocenters. The molecule has 0 bridgehead atoms. The van der Waals surface area contributed by atoms with Crippen LogP contribution in [0.15, 0.2) is 0 Å². The van der Waals surface area contributed by atoms with E-state index < -0.39 is 9.84 Å². The summed E-state index contributed by atoms with van der Waals surface area (Å²) in [6, 6.07) is 0.845. The van der Waals surface area contributed by atoms with Gasteiger partial charge in [-0.1, -0.05) is 0 Å². The number of hydrogen-bond donors (Lipinski definition) is 1. The summed E-state index contributed by atoms with van der Waals surface area (Å²) in [6.45, 7) is 0. The molecular weight excluding hydrogens is 138 g/mol. The van der Waals surface area contributed by atoms with Crippen molar-refractivity contribution >= 4 is 9.84 Å². The van der Waals surface area contributed by atoms with Crippen molar-refractivity contribution in [3.63, 3.8) is 0 Å². The fourth-order valence-electron chi connectivity index (χ4n) is 1.33. The number of fused-ring (bicyclic) bond motifs is 1. The highest BCUT2D eigenvalue weighted by Gasteiger charge is 2.43.